The van der Waals surface area contributed by atoms with Gasteiger partial charge in [0, 0.05) is 10.0 Å². The number of nitrogens with two attached hydrogens (primary N) is 1. The first-order valence-electron chi connectivity index (χ1n) is 6.23. The molecule has 1 atom stereocenters. The Morgan fingerprint density at radius 3 is 2.44 bits per heavy atom. The highest BCUT2D eigenvalue weighted by Gasteiger charge is 2.21. The molecule has 1 aromatic rings. The van der Waals surface area contributed by atoms with Gasteiger partial charge in [-0.05, 0) is 36.9 Å². The highest BCUT2D eigenvalue weighted by atomic mass is 79.9. The molecule has 0 aromatic heterocycles. The minimum Gasteiger partial charge on any atom is -0.493 e. The van der Waals surface area contributed by atoms with E-state index in [0.29, 0.717) is 12.5 Å². The lowest BCUT2D eigenvalue weighted by Crippen LogP contribution is -2.08. The second kappa shape index (κ2) is 7.00. The summed E-state index contributed by atoms with van der Waals surface area (Å²) in [6.45, 7) is 4.95. The van der Waals surface area contributed by atoms with Crippen molar-refractivity contribution in [1.82, 2.24) is 0 Å². The maximum Gasteiger partial charge on any atom is 0.165 e. The van der Waals surface area contributed by atoms with E-state index in [0.717, 1.165) is 34.4 Å². The lowest BCUT2D eigenvalue weighted by molar-refractivity contribution is 0.348. The van der Waals surface area contributed by atoms with Crippen molar-refractivity contribution in [1.29, 1.82) is 0 Å². The summed E-state index contributed by atoms with van der Waals surface area (Å²) in [5, 5.41) is 0. The Balaban J connectivity index is 3.42. The van der Waals surface area contributed by atoms with Crippen LogP contribution >= 0.6 is 15.9 Å². The molecule has 0 aliphatic heterocycles. The first-order chi connectivity index (χ1) is 8.60. The van der Waals surface area contributed by atoms with Gasteiger partial charge in [0.15, 0.2) is 11.5 Å². The van der Waals surface area contributed by atoms with Gasteiger partial charge >= 0.3 is 0 Å². The molecule has 0 heterocycles. The fourth-order valence-electron chi connectivity index (χ4n) is 2.15. The zero-order valence-electron chi connectivity index (χ0n) is 11.5. The van der Waals surface area contributed by atoms with Crippen molar-refractivity contribution >= 4 is 15.9 Å². The smallest absolute Gasteiger partial charge is 0.165 e. The molecule has 1 aromatic carbocycles. The minimum absolute atomic E-state index is 0.333. The number of halogens is 1. The molecule has 0 saturated heterocycles. The molecule has 0 aliphatic carbocycles. The van der Waals surface area contributed by atoms with Crippen LogP contribution in [0.15, 0.2) is 10.5 Å². The molecule has 0 spiro atoms. The van der Waals surface area contributed by atoms with E-state index in [1.54, 1.807) is 14.2 Å². The van der Waals surface area contributed by atoms with E-state index >= 15 is 0 Å². The Morgan fingerprint density at radius 1 is 1.33 bits per heavy atom. The van der Waals surface area contributed by atoms with Gasteiger partial charge in [0.2, 0.25) is 0 Å². The Hall–Kier alpha value is -0.740. The molecule has 0 saturated carbocycles. The van der Waals surface area contributed by atoms with Crippen molar-refractivity contribution in [2.24, 2.45) is 5.73 Å². The van der Waals surface area contributed by atoms with E-state index in [9.17, 15) is 0 Å². The van der Waals surface area contributed by atoms with Gasteiger partial charge < -0.3 is 15.2 Å². The van der Waals surface area contributed by atoms with Gasteiger partial charge in [-0.25, -0.2) is 0 Å². The molecule has 2 N–H and O–H groups in total. The van der Waals surface area contributed by atoms with Gasteiger partial charge in [0.1, 0.15) is 0 Å². The van der Waals surface area contributed by atoms with Crippen molar-refractivity contribution in [3.8, 4) is 11.5 Å². The number of rotatable bonds is 6. The molecule has 1 unspecified atom stereocenters. The van der Waals surface area contributed by atoms with Gasteiger partial charge in [-0.15, -0.1) is 0 Å². The van der Waals surface area contributed by atoms with Crippen LogP contribution in [0.1, 0.15) is 37.3 Å². The molecule has 0 fully saturated rings. The topological polar surface area (TPSA) is 44.5 Å². The summed E-state index contributed by atoms with van der Waals surface area (Å²) in [4.78, 5) is 0. The zero-order valence-corrected chi connectivity index (χ0v) is 13.1. The number of benzene rings is 1. The summed E-state index contributed by atoms with van der Waals surface area (Å²) in [7, 11) is 3.34. The molecule has 0 bridgehead atoms. The maximum atomic E-state index is 5.66. The molecule has 102 valence electrons. The van der Waals surface area contributed by atoms with Crippen molar-refractivity contribution in [2.45, 2.75) is 32.6 Å². The Bertz CT molecular complexity index is 407. The average Bonchev–Trinajstić information content (AvgIpc) is 2.38. The molecule has 0 amide bonds. The Morgan fingerprint density at radius 2 is 2.00 bits per heavy atom. The number of methoxy groups -OCH3 is 2. The minimum atomic E-state index is 0.333. The van der Waals surface area contributed by atoms with E-state index < -0.39 is 0 Å². The third kappa shape index (κ3) is 2.98. The van der Waals surface area contributed by atoms with Gasteiger partial charge in [0.25, 0.3) is 0 Å². The van der Waals surface area contributed by atoms with E-state index in [4.69, 9.17) is 15.2 Å². The maximum absolute atomic E-state index is 5.66. The Kier molecular flexibility index (Phi) is 5.96. The van der Waals surface area contributed by atoms with Crippen molar-refractivity contribution in [3.63, 3.8) is 0 Å². The molecule has 1 rings (SSSR count). The van der Waals surface area contributed by atoms with E-state index in [2.05, 4.69) is 29.8 Å². The Labute approximate surface area is 118 Å². The van der Waals surface area contributed by atoms with Crippen LogP contribution in [0.4, 0.5) is 0 Å². The molecule has 0 aliphatic rings. The highest BCUT2D eigenvalue weighted by Crippen LogP contribution is 2.43. The summed E-state index contributed by atoms with van der Waals surface area (Å²) in [6, 6.07) is 2.03. The van der Waals surface area contributed by atoms with Crippen LogP contribution in [0, 0.1) is 0 Å². The van der Waals surface area contributed by atoms with Crippen LogP contribution in [-0.2, 0) is 6.42 Å². The second-order valence-electron chi connectivity index (χ2n) is 4.33. The predicted octanol–water partition coefficient (Wildman–Crippen LogP) is 3.48. The standard InChI is InChI=1S/C14H22BrNO2/c1-5-10-8-11(17-3)14(18-4)12(13(10)15)9(2)6-7-16/h8-9H,5-7,16H2,1-4H3. The monoisotopic (exact) mass is 315 g/mol. The number of aryl methyl sites for hydroxylation is 1. The first-order valence-corrected chi connectivity index (χ1v) is 7.03. The lowest BCUT2D eigenvalue weighted by Gasteiger charge is -2.21. The van der Waals surface area contributed by atoms with E-state index in [1.165, 1.54) is 5.56 Å². The molecule has 18 heavy (non-hydrogen) atoms. The van der Waals surface area contributed by atoms with E-state index in [-0.39, 0.29) is 0 Å². The van der Waals surface area contributed by atoms with Gasteiger partial charge in [0.05, 0.1) is 14.2 Å². The summed E-state index contributed by atoms with van der Waals surface area (Å²) in [5.41, 5.74) is 8.04. The normalized spacial score (nSPS) is 12.3. The SMILES string of the molecule is CCc1cc(OC)c(OC)c(C(C)CCN)c1Br. The summed E-state index contributed by atoms with van der Waals surface area (Å²) >= 11 is 3.69. The quantitative estimate of drug-likeness (QED) is 0.874. The average molecular weight is 316 g/mol. The van der Waals surface area contributed by atoms with Crippen LogP contribution in [-0.4, -0.2) is 20.8 Å². The highest BCUT2D eigenvalue weighted by molar-refractivity contribution is 9.10. The van der Waals surface area contributed by atoms with Crippen LogP contribution in [0.3, 0.4) is 0 Å². The number of hydrogen-bond donors (Lipinski definition) is 1. The lowest BCUT2D eigenvalue weighted by atomic mass is 9.94. The van der Waals surface area contributed by atoms with Crippen LogP contribution in [0.2, 0.25) is 0 Å². The zero-order chi connectivity index (χ0) is 13.7. The number of hydrogen-bond acceptors (Lipinski definition) is 3. The summed E-state index contributed by atoms with van der Waals surface area (Å²) in [5.74, 6) is 1.93. The summed E-state index contributed by atoms with van der Waals surface area (Å²) in [6.07, 6.45) is 1.87. The van der Waals surface area contributed by atoms with Crippen LogP contribution in [0.5, 0.6) is 11.5 Å². The largest absolute Gasteiger partial charge is 0.493 e. The third-order valence-electron chi connectivity index (χ3n) is 3.19. The summed E-state index contributed by atoms with van der Waals surface area (Å²) < 4.78 is 12.1. The van der Waals surface area contributed by atoms with Gasteiger partial charge in [-0.2, -0.15) is 0 Å². The van der Waals surface area contributed by atoms with Crippen molar-refractivity contribution < 1.29 is 9.47 Å². The van der Waals surface area contributed by atoms with Crippen LogP contribution < -0.4 is 15.2 Å². The fraction of sp³-hybridized carbons (Fsp3) is 0.571. The predicted molar refractivity (Wildman–Crippen MR) is 78.7 cm³/mol. The molecule has 4 heteroatoms. The molecule has 0 radical (unpaired) electrons. The molecule has 3 nitrogen and oxygen atoms in total. The number of ether oxygens (including phenoxy) is 2. The van der Waals surface area contributed by atoms with Crippen molar-refractivity contribution in [2.75, 3.05) is 20.8 Å². The third-order valence-corrected chi connectivity index (χ3v) is 4.13. The molecular formula is C14H22BrNO2. The van der Waals surface area contributed by atoms with Gasteiger partial charge in [-0.3, -0.25) is 0 Å². The first kappa shape index (κ1) is 15.3. The second-order valence-corrected chi connectivity index (χ2v) is 5.12. The van der Waals surface area contributed by atoms with E-state index in [1.807, 2.05) is 6.07 Å². The van der Waals surface area contributed by atoms with Crippen LogP contribution in [0.25, 0.3) is 0 Å². The molecular weight excluding hydrogens is 294 g/mol. The fourth-order valence-corrected chi connectivity index (χ4v) is 3.11. The van der Waals surface area contributed by atoms with Crippen molar-refractivity contribution in [3.05, 3.63) is 21.7 Å². The van der Waals surface area contributed by atoms with Gasteiger partial charge in [-0.1, -0.05) is 29.8 Å².